The summed E-state index contributed by atoms with van der Waals surface area (Å²) in [7, 11) is 1.65. The van der Waals surface area contributed by atoms with Crippen molar-refractivity contribution in [2.24, 2.45) is 0 Å². The van der Waals surface area contributed by atoms with Crippen molar-refractivity contribution in [1.29, 1.82) is 0 Å². The fraction of sp³-hybridized carbons (Fsp3) is 0.167. The van der Waals surface area contributed by atoms with Gasteiger partial charge in [-0.05, 0) is 48.5 Å². The third-order valence-corrected chi connectivity index (χ3v) is 6.50. The largest absolute Gasteiger partial charge is 0.497 e. The number of thioether (sulfide) groups is 1. The van der Waals surface area contributed by atoms with Crippen molar-refractivity contribution in [1.82, 2.24) is 14.7 Å². The first-order chi connectivity index (χ1) is 15.2. The monoisotopic (exact) mass is 431 g/mol. The number of nitrogens with zero attached hydrogens (tertiary/aromatic N) is 3. The average molecular weight is 432 g/mol. The number of aromatic nitrogens is 2. The van der Waals surface area contributed by atoms with Gasteiger partial charge in [-0.15, -0.1) is 11.8 Å². The molecule has 156 valence electrons. The molecule has 0 bridgehead atoms. The Morgan fingerprint density at radius 1 is 1.10 bits per heavy atom. The minimum atomic E-state index is -0.146. The van der Waals surface area contributed by atoms with E-state index < -0.39 is 0 Å². The highest BCUT2D eigenvalue weighted by atomic mass is 32.2. The van der Waals surface area contributed by atoms with Gasteiger partial charge in [0.25, 0.3) is 0 Å². The van der Waals surface area contributed by atoms with Crippen LogP contribution in [0.3, 0.4) is 0 Å². The molecular formula is C24H21N3O3S. The lowest BCUT2D eigenvalue weighted by atomic mass is 10.1. The maximum Gasteiger partial charge on any atom is 0.234 e. The van der Waals surface area contributed by atoms with E-state index >= 15 is 0 Å². The van der Waals surface area contributed by atoms with E-state index in [0.29, 0.717) is 12.3 Å². The van der Waals surface area contributed by atoms with Crippen LogP contribution in [-0.4, -0.2) is 33.5 Å². The molecule has 1 saturated heterocycles. The number of furan rings is 1. The number of ether oxygens (including phenoxy) is 1. The molecule has 1 fully saturated rings. The van der Waals surface area contributed by atoms with Crippen LogP contribution in [-0.2, 0) is 11.3 Å². The Morgan fingerprint density at radius 2 is 1.90 bits per heavy atom. The number of rotatable bonds is 6. The van der Waals surface area contributed by atoms with Crippen molar-refractivity contribution >= 4 is 17.7 Å². The van der Waals surface area contributed by atoms with Crippen molar-refractivity contribution < 1.29 is 13.9 Å². The van der Waals surface area contributed by atoms with Crippen LogP contribution in [0.4, 0.5) is 0 Å². The first-order valence-electron chi connectivity index (χ1n) is 9.96. The Balaban J connectivity index is 1.58. The normalized spacial score (nSPS) is 16.1. The van der Waals surface area contributed by atoms with Crippen LogP contribution in [0.1, 0.15) is 16.7 Å². The van der Waals surface area contributed by atoms with E-state index in [1.165, 1.54) is 0 Å². The van der Waals surface area contributed by atoms with E-state index in [0.717, 1.165) is 34.0 Å². The maximum atomic E-state index is 12.7. The van der Waals surface area contributed by atoms with Gasteiger partial charge in [-0.1, -0.05) is 18.2 Å². The molecule has 1 aliphatic heterocycles. The number of carbonyl (C=O) groups excluding carboxylic acids is 1. The summed E-state index contributed by atoms with van der Waals surface area (Å²) >= 11 is 1.62. The quantitative estimate of drug-likeness (QED) is 0.434. The lowest BCUT2D eigenvalue weighted by Gasteiger charge is -2.23. The van der Waals surface area contributed by atoms with Crippen molar-refractivity contribution in [3.63, 3.8) is 0 Å². The Labute approximate surface area is 184 Å². The highest BCUT2D eigenvalue weighted by Gasteiger charge is 2.36. The highest BCUT2D eigenvalue weighted by molar-refractivity contribution is 8.00. The number of para-hydroxylation sites is 1. The summed E-state index contributed by atoms with van der Waals surface area (Å²) in [5.41, 5.74) is 3.79. The van der Waals surface area contributed by atoms with Crippen LogP contribution in [0, 0.1) is 0 Å². The minimum absolute atomic E-state index is 0.0968. The lowest BCUT2D eigenvalue weighted by Crippen LogP contribution is -2.27. The Kier molecular flexibility index (Phi) is 5.26. The van der Waals surface area contributed by atoms with Gasteiger partial charge in [0.2, 0.25) is 5.91 Å². The lowest BCUT2D eigenvalue weighted by molar-refractivity contribution is -0.128. The molecule has 0 spiro atoms. The van der Waals surface area contributed by atoms with Crippen LogP contribution in [0.25, 0.3) is 16.9 Å². The third-order valence-electron chi connectivity index (χ3n) is 5.27. The molecule has 0 saturated carbocycles. The van der Waals surface area contributed by atoms with E-state index in [-0.39, 0.29) is 11.3 Å². The molecule has 5 rings (SSSR count). The Bertz CT molecular complexity index is 1170. The summed E-state index contributed by atoms with van der Waals surface area (Å²) < 4.78 is 12.7. The Morgan fingerprint density at radius 3 is 2.61 bits per heavy atom. The van der Waals surface area contributed by atoms with Gasteiger partial charge in [0.05, 0.1) is 37.1 Å². The van der Waals surface area contributed by atoms with Crippen LogP contribution < -0.4 is 4.74 Å². The molecule has 1 atom stereocenters. The first kappa shape index (κ1) is 19.5. The van der Waals surface area contributed by atoms with Crippen LogP contribution in [0.2, 0.25) is 0 Å². The van der Waals surface area contributed by atoms with E-state index in [9.17, 15) is 4.79 Å². The summed E-state index contributed by atoms with van der Waals surface area (Å²) in [5.74, 6) is 2.09. The second-order valence-electron chi connectivity index (χ2n) is 7.21. The van der Waals surface area contributed by atoms with E-state index in [1.54, 1.807) is 25.1 Å². The predicted molar refractivity (Wildman–Crippen MR) is 120 cm³/mol. The second-order valence-corrected chi connectivity index (χ2v) is 8.27. The molecule has 0 aliphatic carbocycles. The molecule has 1 aliphatic rings. The summed E-state index contributed by atoms with van der Waals surface area (Å²) in [6, 6.07) is 21.6. The number of carbonyl (C=O) groups is 1. The number of benzene rings is 2. The number of hydrogen-bond acceptors (Lipinski definition) is 5. The molecule has 0 radical (unpaired) electrons. The van der Waals surface area contributed by atoms with Crippen LogP contribution >= 0.6 is 11.8 Å². The van der Waals surface area contributed by atoms with Gasteiger partial charge < -0.3 is 14.1 Å². The van der Waals surface area contributed by atoms with Gasteiger partial charge in [0.15, 0.2) is 0 Å². The zero-order chi connectivity index (χ0) is 21.2. The fourth-order valence-corrected chi connectivity index (χ4v) is 4.90. The molecule has 0 N–H and O–H groups in total. The van der Waals surface area contributed by atoms with Gasteiger partial charge >= 0.3 is 0 Å². The standard InChI is InChI=1S/C24H21N3O3S/c1-29-19-11-9-17(10-12-19)23-21(15-27(25-23)18-6-3-2-4-7-18)24-26(22(28)16-31-24)14-20-8-5-13-30-20/h2-13,15,24H,14,16H2,1H3. The number of methoxy groups -OCH3 is 1. The van der Waals surface area contributed by atoms with Gasteiger partial charge in [-0.25, -0.2) is 4.68 Å². The first-order valence-corrected chi connectivity index (χ1v) is 11.0. The fourth-order valence-electron chi connectivity index (χ4n) is 3.71. The topological polar surface area (TPSA) is 60.5 Å². The SMILES string of the molecule is COc1ccc(-c2nn(-c3ccccc3)cc2C2SCC(=O)N2Cc2ccco2)cc1. The van der Waals surface area contributed by atoms with Crippen LogP contribution in [0.15, 0.2) is 83.6 Å². The summed E-state index contributed by atoms with van der Waals surface area (Å²) in [4.78, 5) is 14.6. The summed E-state index contributed by atoms with van der Waals surface area (Å²) in [5, 5.41) is 4.76. The molecule has 2 aromatic heterocycles. The second kappa shape index (κ2) is 8.35. The third kappa shape index (κ3) is 3.84. The van der Waals surface area contributed by atoms with E-state index in [4.69, 9.17) is 14.3 Å². The number of hydrogen-bond donors (Lipinski definition) is 0. The zero-order valence-corrected chi connectivity index (χ0v) is 17.8. The Hall–Kier alpha value is -3.45. The van der Waals surface area contributed by atoms with Crippen LogP contribution in [0.5, 0.6) is 5.75 Å². The van der Waals surface area contributed by atoms with Gasteiger partial charge in [0, 0.05) is 17.3 Å². The maximum absolute atomic E-state index is 12.7. The van der Waals surface area contributed by atoms with Crippen molar-refractivity contribution in [2.75, 3.05) is 12.9 Å². The smallest absolute Gasteiger partial charge is 0.234 e. The van der Waals surface area contributed by atoms with Gasteiger partial charge in [0.1, 0.15) is 16.9 Å². The summed E-state index contributed by atoms with van der Waals surface area (Å²) in [6.07, 6.45) is 3.66. The van der Waals surface area contributed by atoms with Crippen molar-refractivity contribution in [3.05, 3.63) is 90.5 Å². The molecule has 1 unspecified atom stereocenters. The van der Waals surface area contributed by atoms with E-state index in [2.05, 4.69) is 0 Å². The molecule has 2 aromatic carbocycles. The predicted octanol–water partition coefficient (Wildman–Crippen LogP) is 4.92. The summed E-state index contributed by atoms with van der Waals surface area (Å²) in [6.45, 7) is 0.433. The average Bonchev–Trinajstić information content (AvgIpc) is 3.56. The van der Waals surface area contributed by atoms with Gasteiger partial charge in [-0.3, -0.25) is 4.79 Å². The molecule has 3 heterocycles. The van der Waals surface area contributed by atoms with Gasteiger partial charge in [-0.2, -0.15) is 5.10 Å². The molecule has 6 nitrogen and oxygen atoms in total. The van der Waals surface area contributed by atoms with Crippen molar-refractivity contribution in [2.45, 2.75) is 11.9 Å². The zero-order valence-electron chi connectivity index (χ0n) is 17.0. The van der Waals surface area contributed by atoms with Crippen molar-refractivity contribution in [3.8, 4) is 22.7 Å². The molecule has 4 aromatic rings. The minimum Gasteiger partial charge on any atom is -0.497 e. The molecule has 1 amide bonds. The number of amides is 1. The molecule has 31 heavy (non-hydrogen) atoms. The highest BCUT2D eigenvalue weighted by Crippen LogP contribution is 2.43. The van der Waals surface area contributed by atoms with E-state index in [1.807, 2.05) is 82.5 Å². The molecule has 7 heteroatoms. The molecular weight excluding hydrogens is 410 g/mol.